The molecule has 0 aliphatic rings. The van der Waals surface area contributed by atoms with Crippen molar-refractivity contribution in [3.8, 4) is 0 Å². The van der Waals surface area contributed by atoms with Gasteiger partial charge in [-0.2, -0.15) is 0 Å². The second kappa shape index (κ2) is 8.76. The molecule has 0 aromatic heterocycles. The second-order valence-electron chi connectivity index (χ2n) is 6.87. The van der Waals surface area contributed by atoms with Crippen LogP contribution in [-0.4, -0.2) is 11.7 Å². The molecule has 2 aromatic carbocycles. The number of nitrogens with one attached hydrogen (secondary N) is 1. The molecule has 0 aliphatic carbocycles. The van der Waals surface area contributed by atoms with Crippen molar-refractivity contribution in [3.05, 3.63) is 70.8 Å². The standard InChI is InChI=1S/C20H23F2NO3/c1-20(2,3)26-19(24)23-11-15-9-17(21)18(22)10-16(15)13-25-12-14-7-5-4-6-8-14/h4-10H,11-13H2,1-3H3,(H,23,24). The van der Waals surface area contributed by atoms with E-state index >= 15 is 0 Å². The number of hydrogen-bond acceptors (Lipinski definition) is 3. The third kappa shape index (κ3) is 6.44. The zero-order valence-corrected chi connectivity index (χ0v) is 15.1. The Hall–Kier alpha value is -2.47. The van der Waals surface area contributed by atoms with Gasteiger partial charge in [0.2, 0.25) is 0 Å². The molecular weight excluding hydrogens is 340 g/mol. The van der Waals surface area contributed by atoms with Gasteiger partial charge in [-0.05, 0) is 49.6 Å². The number of halogens is 2. The number of alkyl carbamates (subject to hydrolysis) is 1. The number of carbonyl (C=O) groups excluding carboxylic acids is 1. The summed E-state index contributed by atoms with van der Waals surface area (Å²) in [5.74, 6) is -1.93. The van der Waals surface area contributed by atoms with Gasteiger partial charge in [0.1, 0.15) is 5.60 Å². The first-order valence-corrected chi connectivity index (χ1v) is 8.30. The summed E-state index contributed by atoms with van der Waals surface area (Å²) >= 11 is 0. The van der Waals surface area contributed by atoms with Crippen LogP contribution in [0.5, 0.6) is 0 Å². The van der Waals surface area contributed by atoms with Crippen LogP contribution in [0.4, 0.5) is 13.6 Å². The molecule has 0 atom stereocenters. The van der Waals surface area contributed by atoms with Crippen LogP contribution in [0.15, 0.2) is 42.5 Å². The Kier molecular flexibility index (Phi) is 6.69. The highest BCUT2D eigenvalue weighted by Crippen LogP contribution is 2.17. The van der Waals surface area contributed by atoms with E-state index in [0.717, 1.165) is 17.7 Å². The minimum Gasteiger partial charge on any atom is -0.444 e. The van der Waals surface area contributed by atoms with Crippen molar-refractivity contribution in [2.24, 2.45) is 0 Å². The molecule has 2 rings (SSSR count). The lowest BCUT2D eigenvalue weighted by Gasteiger charge is -2.20. The summed E-state index contributed by atoms with van der Waals surface area (Å²) < 4.78 is 37.9. The number of carbonyl (C=O) groups is 1. The molecule has 0 radical (unpaired) electrons. The van der Waals surface area contributed by atoms with Crippen LogP contribution < -0.4 is 5.32 Å². The first-order chi connectivity index (χ1) is 12.2. The molecule has 1 amide bonds. The van der Waals surface area contributed by atoms with E-state index in [0.29, 0.717) is 17.7 Å². The van der Waals surface area contributed by atoms with Crippen molar-refractivity contribution in [2.45, 2.75) is 46.1 Å². The Labute approximate surface area is 152 Å². The maximum absolute atomic E-state index is 13.6. The molecule has 0 heterocycles. The summed E-state index contributed by atoms with van der Waals surface area (Å²) in [5.41, 5.74) is 1.24. The van der Waals surface area contributed by atoms with Crippen molar-refractivity contribution < 1.29 is 23.0 Å². The Morgan fingerprint density at radius 2 is 1.62 bits per heavy atom. The molecule has 140 valence electrons. The van der Waals surface area contributed by atoms with Crippen molar-refractivity contribution in [2.75, 3.05) is 0 Å². The third-order valence-corrected chi connectivity index (χ3v) is 3.43. The summed E-state index contributed by atoms with van der Waals surface area (Å²) in [7, 11) is 0. The molecule has 6 heteroatoms. The molecule has 0 saturated carbocycles. The average molecular weight is 363 g/mol. The Morgan fingerprint density at radius 3 is 2.23 bits per heavy atom. The van der Waals surface area contributed by atoms with Gasteiger partial charge in [0.25, 0.3) is 0 Å². The number of ether oxygens (including phenoxy) is 2. The zero-order valence-electron chi connectivity index (χ0n) is 15.1. The lowest BCUT2D eigenvalue weighted by atomic mass is 10.1. The summed E-state index contributed by atoms with van der Waals surface area (Å²) in [4.78, 5) is 11.8. The van der Waals surface area contributed by atoms with Gasteiger partial charge in [0, 0.05) is 6.54 Å². The van der Waals surface area contributed by atoms with Crippen LogP contribution >= 0.6 is 0 Å². The summed E-state index contributed by atoms with van der Waals surface area (Å²) in [6.45, 7) is 5.68. The number of rotatable bonds is 6. The van der Waals surface area contributed by atoms with Crippen LogP contribution in [0.3, 0.4) is 0 Å². The molecule has 0 spiro atoms. The van der Waals surface area contributed by atoms with E-state index in [4.69, 9.17) is 9.47 Å². The Morgan fingerprint density at radius 1 is 1.00 bits per heavy atom. The van der Waals surface area contributed by atoms with E-state index < -0.39 is 23.3 Å². The first kappa shape index (κ1) is 19.8. The summed E-state index contributed by atoms with van der Waals surface area (Å²) in [6, 6.07) is 11.7. The normalized spacial score (nSPS) is 11.3. The van der Waals surface area contributed by atoms with Gasteiger partial charge in [-0.1, -0.05) is 30.3 Å². The summed E-state index contributed by atoms with van der Waals surface area (Å²) in [6.07, 6.45) is -0.626. The summed E-state index contributed by atoms with van der Waals surface area (Å²) in [5, 5.41) is 2.54. The quantitative estimate of drug-likeness (QED) is 0.809. The highest BCUT2D eigenvalue weighted by molar-refractivity contribution is 5.67. The van der Waals surface area contributed by atoms with E-state index in [2.05, 4.69) is 5.32 Å². The largest absolute Gasteiger partial charge is 0.444 e. The molecule has 1 N–H and O–H groups in total. The molecule has 26 heavy (non-hydrogen) atoms. The number of hydrogen-bond donors (Lipinski definition) is 1. The Bertz CT molecular complexity index is 743. The highest BCUT2D eigenvalue weighted by Gasteiger charge is 2.17. The Balaban J connectivity index is 2.01. The van der Waals surface area contributed by atoms with E-state index in [1.807, 2.05) is 30.3 Å². The van der Waals surface area contributed by atoms with Crippen molar-refractivity contribution in [1.29, 1.82) is 0 Å². The minimum atomic E-state index is -0.974. The second-order valence-corrected chi connectivity index (χ2v) is 6.87. The van der Waals surface area contributed by atoms with Crippen LogP contribution in [0.1, 0.15) is 37.5 Å². The molecule has 4 nitrogen and oxygen atoms in total. The van der Waals surface area contributed by atoms with Crippen LogP contribution in [0, 0.1) is 11.6 Å². The van der Waals surface area contributed by atoms with E-state index in [9.17, 15) is 13.6 Å². The van der Waals surface area contributed by atoms with Gasteiger partial charge in [-0.15, -0.1) is 0 Å². The fraction of sp³-hybridized carbons (Fsp3) is 0.350. The topological polar surface area (TPSA) is 47.6 Å². The van der Waals surface area contributed by atoms with E-state index in [1.165, 1.54) is 0 Å². The van der Waals surface area contributed by atoms with Crippen LogP contribution in [0.25, 0.3) is 0 Å². The molecule has 0 fully saturated rings. The van der Waals surface area contributed by atoms with Crippen molar-refractivity contribution in [1.82, 2.24) is 5.32 Å². The monoisotopic (exact) mass is 363 g/mol. The zero-order chi connectivity index (χ0) is 19.2. The minimum absolute atomic E-state index is 0.0101. The third-order valence-electron chi connectivity index (χ3n) is 3.43. The SMILES string of the molecule is CC(C)(C)OC(=O)NCc1cc(F)c(F)cc1COCc1ccccc1. The molecule has 0 saturated heterocycles. The lowest BCUT2D eigenvalue weighted by molar-refractivity contribution is 0.0522. The van der Waals surface area contributed by atoms with E-state index in [-0.39, 0.29) is 13.2 Å². The average Bonchev–Trinajstić information content (AvgIpc) is 2.56. The molecule has 0 unspecified atom stereocenters. The van der Waals surface area contributed by atoms with Crippen LogP contribution in [-0.2, 0) is 29.2 Å². The number of amides is 1. The fourth-order valence-electron chi connectivity index (χ4n) is 2.26. The predicted octanol–water partition coefficient (Wildman–Crippen LogP) is 4.71. The fourth-order valence-corrected chi connectivity index (χ4v) is 2.26. The smallest absolute Gasteiger partial charge is 0.407 e. The van der Waals surface area contributed by atoms with Gasteiger partial charge in [-0.25, -0.2) is 13.6 Å². The van der Waals surface area contributed by atoms with E-state index in [1.54, 1.807) is 20.8 Å². The molecule has 0 aliphatic heterocycles. The maximum Gasteiger partial charge on any atom is 0.407 e. The molecule has 0 bridgehead atoms. The van der Waals surface area contributed by atoms with Gasteiger partial charge >= 0.3 is 6.09 Å². The van der Waals surface area contributed by atoms with Gasteiger partial charge < -0.3 is 14.8 Å². The van der Waals surface area contributed by atoms with Crippen molar-refractivity contribution >= 4 is 6.09 Å². The van der Waals surface area contributed by atoms with Gasteiger partial charge in [-0.3, -0.25) is 0 Å². The van der Waals surface area contributed by atoms with Gasteiger partial charge in [0.15, 0.2) is 11.6 Å². The number of benzene rings is 2. The molecular formula is C20H23F2NO3. The first-order valence-electron chi connectivity index (χ1n) is 8.30. The van der Waals surface area contributed by atoms with Gasteiger partial charge in [0.05, 0.1) is 13.2 Å². The van der Waals surface area contributed by atoms with Crippen molar-refractivity contribution in [3.63, 3.8) is 0 Å². The predicted molar refractivity (Wildman–Crippen MR) is 94.4 cm³/mol. The highest BCUT2D eigenvalue weighted by atomic mass is 19.2. The lowest BCUT2D eigenvalue weighted by Crippen LogP contribution is -2.32. The van der Waals surface area contributed by atoms with Crippen LogP contribution in [0.2, 0.25) is 0 Å². The molecule has 2 aromatic rings. The maximum atomic E-state index is 13.6.